The van der Waals surface area contributed by atoms with E-state index in [9.17, 15) is 4.79 Å². The molecule has 0 aliphatic heterocycles. The minimum atomic E-state index is -0.451. The van der Waals surface area contributed by atoms with Gasteiger partial charge in [0.15, 0.2) is 0 Å². The SMILES string of the molecule is CC(C)OC(=O)CC#N.[H-].[Na+]. The number of carbonyl (C=O) groups excluding carboxylic acids is 1. The molecule has 0 fully saturated rings. The van der Waals surface area contributed by atoms with Crippen molar-refractivity contribution in [2.24, 2.45) is 0 Å². The fourth-order valence-electron chi connectivity index (χ4n) is 0.369. The number of ether oxygens (including phenoxy) is 1. The summed E-state index contributed by atoms with van der Waals surface area (Å²) in [6.45, 7) is 3.49. The Morgan fingerprint density at radius 1 is 1.80 bits per heavy atom. The monoisotopic (exact) mass is 151 g/mol. The molecular weight excluding hydrogens is 141 g/mol. The first-order chi connectivity index (χ1) is 4.16. The summed E-state index contributed by atoms with van der Waals surface area (Å²) >= 11 is 0. The molecule has 0 unspecified atom stereocenters. The van der Waals surface area contributed by atoms with Crippen LogP contribution in [-0.2, 0) is 9.53 Å². The molecule has 0 radical (unpaired) electrons. The first-order valence-corrected chi connectivity index (χ1v) is 2.73. The molecule has 0 amide bonds. The smallest absolute Gasteiger partial charge is 1.00 e. The predicted octanol–water partition coefficient (Wildman–Crippen LogP) is -2.03. The van der Waals surface area contributed by atoms with E-state index in [4.69, 9.17) is 5.26 Å². The van der Waals surface area contributed by atoms with Crippen LogP contribution in [-0.4, -0.2) is 12.1 Å². The van der Waals surface area contributed by atoms with E-state index >= 15 is 0 Å². The molecule has 0 aliphatic carbocycles. The Balaban J connectivity index is -0.000000320. The summed E-state index contributed by atoms with van der Waals surface area (Å²) in [4.78, 5) is 10.4. The Labute approximate surface area is 84.1 Å². The Morgan fingerprint density at radius 3 is 2.60 bits per heavy atom. The Hall–Kier alpha value is -0.0400. The van der Waals surface area contributed by atoms with Gasteiger partial charge in [-0.1, -0.05) is 0 Å². The van der Waals surface area contributed by atoms with Gasteiger partial charge in [0, 0.05) is 0 Å². The van der Waals surface area contributed by atoms with E-state index in [2.05, 4.69) is 4.74 Å². The first-order valence-electron chi connectivity index (χ1n) is 2.73. The van der Waals surface area contributed by atoms with Crippen molar-refractivity contribution < 1.29 is 40.5 Å². The van der Waals surface area contributed by atoms with Crippen LogP contribution < -0.4 is 29.6 Å². The Kier molecular flexibility index (Phi) is 8.92. The van der Waals surface area contributed by atoms with E-state index < -0.39 is 5.97 Å². The zero-order valence-corrected chi connectivity index (χ0v) is 8.55. The summed E-state index contributed by atoms with van der Waals surface area (Å²) in [6, 6.07) is 1.70. The van der Waals surface area contributed by atoms with Crippen LogP contribution in [0.2, 0.25) is 0 Å². The molecule has 10 heavy (non-hydrogen) atoms. The maximum absolute atomic E-state index is 10.4. The van der Waals surface area contributed by atoms with E-state index in [1.54, 1.807) is 19.9 Å². The molecule has 0 saturated heterocycles. The molecule has 0 atom stereocenters. The molecule has 0 spiro atoms. The van der Waals surface area contributed by atoms with Gasteiger partial charge in [0.2, 0.25) is 0 Å². The maximum atomic E-state index is 10.4. The van der Waals surface area contributed by atoms with Crippen molar-refractivity contribution >= 4 is 5.97 Å². The molecular formula is C6H10NNaO2. The number of rotatable bonds is 2. The van der Waals surface area contributed by atoms with Crippen LogP contribution in [0.5, 0.6) is 0 Å². The van der Waals surface area contributed by atoms with E-state index in [1.165, 1.54) is 0 Å². The fourth-order valence-corrected chi connectivity index (χ4v) is 0.369. The van der Waals surface area contributed by atoms with E-state index in [1.807, 2.05) is 0 Å². The number of hydrogen-bond acceptors (Lipinski definition) is 3. The molecule has 0 N–H and O–H groups in total. The summed E-state index contributed by atoms with van der Waals surface area (Å²) in [5.74, 6) is -0.451. The van der Waals surface area contributed by atoms with E-state index in [-0.39, 0.29) is 43.5 Å². The van der Waals surface area contributed by atoms with Gasteiger partial charge in [0.1, 0.15) is 6.42 Å². The van der Waals surface area contributed by atoms with Crippen LogP contribution in [0.15, 0.2) is 0 Å². The second-order valence-electron chi connectivity index (χ2n) is 1.87. The summed E-state index contributed by atoms with van der Waals surface area (Å²) < 4.78 is 4.63. The summed E-state index contributed by atoms with van der Waals surface area (Å²) in [5.41, 5.74) is 0. The third kappa shape index (κ3) is 7.96. The molecule has 0 saturated carbocycles. The fraction of sp³-hybridized carbons (Fsp3) is 0.667. The van der Waals surface area contributed by atoms with Crippen LogP contribution in [0.3, 0.4) is 0 Å². The van der Waals surface area contributed by atoms with Crippen molar-refractivity contribution in [1.29, 1.82) is 5.26 Å². The summed E-state index contributed by atoms with van der Waals surface area (Å²) in [7, 11) is 0. The molecule has 0 aliphatic rings. The number of hydrogen-bond donors (Lipinski definition) is 0. The van der Waals surface area contributed by atoms with Crippen LogP contribution in [0.1, 0.15) is 21.7 Å². The second-order valence-corrected chi connectivity index (χ2v) is 1.87. The van der Waals surface area contributed by atoms with Gasteiger partial charge in [0.05, 0.1) is 12.2 Å². The van der Waals surface area contributed by atoms with Gasteiger partial charge in [0.25, 0.3) is 0 Å². The van der Waals surface area contributed by atoms with Crippen molar-refractivity contribution in [2.45, 2.75) is 26.4 Å². The van der Waals surface area contributed by atoms with E-state index in [0.717, 1.165) is 0 Å². The minimum absolute atomic E-state index is 0. The van der Waals surface area contributed by atoms with Crippen LogP contribution >= 0.6 is 0 Å². The van der Waals surface area contributed by atoms with E-state index in [0.29, 0.717) is 0 Å². The van der Waals surface area contributed by atoms with Gasteiger partial charge in [-0.3, -0.25) is 4.79 Å². The third-order valence-electron chi connectivity index (χ3n) is 0.591. The predicted molar refractivity (Wildman–Crippen MR) is 32.6 cm³/mol. The number of nitrogens with zero attached hydrogens (tertiary/aromatic N) is 1. The van der Waals surface area contributed by atoms with Gasteiger partial charge in [-0.2, -0.15) is 5.26 Å². The molecule has 3 nitrogen and oxygen atoms in total. The maximum Gasteiger partial charge on any atom is 1.00 e. The average Bonchev–Trinajstić information content (AvgIpc) is 1.63. The largest absolute Gasteiger partial charge is 1.00 e. The number of carbonyl (C=O) groups is 1. The van der Waals surface area contributed by atoms with Crippen molar-refractivity contribution in [2.75, 3.05) is 0 Å². The minimum Gasteiger partial charge on any atom is -1.00 e. The third-order valence-corrected chi connectivity index (χ3v) is 0.591. The van der Waals surface area contributed by atoms with Crippen LogP contribution in [0, 0.1) is 11.3 Å². The molecule has 52 valence electrons. The second kappa shape index (κ2) is 7.07. The quantitative estimate of drug-likeness (QED) is 0.338. The number of nitriles is 1. The first kappa shape index (κ1) is 12.6. The average molecular weight is 151 g/mol. The number of esters is 1. The molecule has 0 heterocycles. The molecule has 0 bridgehead atoms. The standard InChI is InChI=1S/C6H9NO2.Na.H/c1-5(2)9-6(8)3-4-7;;/h5H,3H2,1-2H3;;/q;+1;-1. The normalized spacial score (nSPS) is 7.80. The molecule has 0 aromatic carbocycles. The van der Waals surface area contributed by atoms with Crippen molar-refractivity contribution in [3.63, 3.8) is 0 Å². The Bertz CT molecular complexity index is 144. The molecule has 0 rings (SSSR count). The van der Waals surface area contributed by atoms with Gasteiger partial charge in [-0.05, 0) is 13.8 Å². The van der Waals surface area contributed by atoms with Crippen molar-refractivity contribution in [3.05, 3.63) is 0 Å². The molecule has 0 aromatic heterocycles. The van der Waals surface area contributed by atoms with Gasteiger partial charge >= 0.3 is 35.5 Å². The molecule has 0 aromatic rings. The van der Waals surface area contributed by atoms with Crippen LogP contribution in [0.4, 0.5) is 0 Å². The van der Waals surface area contributed by atoms with Crippen LogP contribution in [0.25, 0.3) is 0 Å². The van der Waals surface area contributed by atoms with Crippen molar-refractivity contribution in [1.82, 2.24) is 0 Å². The zero-order valence-electron chi connectivity index (χ0n) is 7.55. The topological polar surface area (TPSA) is 50.1 Å². The summed E-state index contributed by atoms with van der Waals surface area (Å²) in [6.07, 6.45) is -0.274. The Morgan fingerprint density at radius 2 is 2.30 bits per heavy atom. The van der Waals surface area contributed by atoms with Gasteiger partial charge < -0.3 is 6.16 Å². The van der Waals surface area contributed by atoms with Crippen molar-refractivity contribution in [3.8, 4) is 6.07 Å². The molecule has 4 heteroatoms. The van der Waals surface area contributed by atoms with Gasteiger partial charge in [-0.15, -0.1) is 0 Å². The zero-order chi connectivity index (χ0) is 7.28. The van der Waals surface area contributed by atoms with Gasteiger partial charge in [-0.25, -0.2) is 0 Å². The summed E-state index contributed by atoms with van der Waals surface area (Å²) in [5, 5.41) is 8.00.